The molecule has 1 aromatic rings. The van der Waals surface area contributed by atoms with Crippen LogP contribution in [0.4, 0.5) is 0 Å². The molecule has 0 fully saturated rings. The Labute approximate surface area is 90.4 Å². The lowest BCUT2D eigenvalue weighted by molar-refractivity contribution is 0.883. The first-order valence-corrected chi connectivity index (χ1v) is 6.14. The Hall–Kier alpha value is -0.690. The van der Waals surface area contributed by atoms with Crippen molar-refractivity contribution in [3.63, 3.8) is 0 Å². The van der Waals surface area contributed by atoms with Crippen molar-refractivity contribution in [3.05, 3.63) is 47.0 Å². The predicted molar refractivity (Wildman–Crippen MR) is 64.6 cm³/mol. The molecule has 0 saturated carbocycles. The molecule has 1 aliphatic heterocycles. The van der Waals surface area contributed by atoms with Gasteiger partial charge in [-0.25, -0.2) is 0 Å². The average Bonchev–Trinajstić information content (AvgIpc) is 2.23. The predicted octanol–water partition coefficient (Wildman–Crippen LogP) is 4.20. The summed E-state index contributed by atoms with van der Waals surface area (Å²) in [6, 6.07) is 10.8. The van der Waals surface area contributed by atoms with Gasteiger partial charge in [0.05, 0.1) is 0 Å². The zero-order valence-electron chi connectivity index (χ0n) is 8.79. The highest BCUT2D eigenvalue weighted by Crippen LogP contribution is 2.40. The standard InChI is InChI=1S/C13H16S/c1-10-8-13(14-9-11(10)2)12-6-4-3-5-7-12/h3-7,13H,8-9H2,1-2H3. The summed E-state index contributed by atoms with van der Waals surface area (Å²) in [6.07, 6.45) is 1.22. The minimum absolute atomic E-state index is 0.680. The molecule has 1 aliphatic rings. The maximum absolute atomic E-state index is 2.27. The molecule has 0 spiro atoms. The summed E-state index contributed by atoms with van der Waals surface area (Å²) in [7, 11) is 0. The molecule has 0 amide bonds. The van der Waals surface area contributed by atoms with Gasteiger partial charge in [0.2, 0.25) is 0 Å². The maximum Gasteiger partial charge on any atom is 0.0337 e. The third-order valence-corrected chi connectivity index (χ3v) is 4.33. The lowest BCUT2D eigenvalue weighted by atomic mass is 10.0. The highest BCUT2D eigenvalue weighted by Gasteiger charge is 2.17. The maximum atomic E-state index is 2.27. The largest absolute Gasteiger partial charge is 0.149 e. The normalized spacial score (nSPS) is 22.6. The number of rotatable bonds is 1. The van der Waals surface area contributed by atoms with Gasteiger partial charge in [0.15, 0.2) is 0 Å². The van der Waals surface area contributed by atoms with Crippen molar-refractivity contribution < 1.29 is 0 Å². The second kappa shape index (κ2) is 4.22. The molecule has 2 rings (SSSR count). The van der Waals surface area contributed by atoms with Crippen molar-refractivity contribution in [2.75, 3.05) is 5.75 Å². The average molecular weight is 204 g/mol. The molecule has 1 heterocycles. The Morgan fingerprint density at radius 2 is 1.79 bits per heavy atom. The van der Waals surface area contributed by atoms with Crippen LogP contribution in [0.15, 0.2) is 41.5 Å². The monoisotopic (exact) mass is 204 g/mol. The summed E-state index contributed by atoms with van der Waals surface area (Å²) in [6.45, 7) is 4.52. The summed E-state index contributed by atoms with van der Waals surface area (Å²) in [5.74, 6) is 1.20. The fraction of sp³-hybridized carbons (Fsp3) is 0.385. The molecular weight excluding hydrogens is 188 g/mol. The van der Waals surface area contributed by atoms with Gasteiger partial charge in [-0.1, -0.05) is 41.5 Å². The number of thioether (sulfide) groups is 1. The molecule has 0 nitrogen and oxygen atoms in total. The molecule has 1 heteroatoms. The molecule has 0 radical (unpaired) electrons. The number of allylic oxidation sites excluding steroid dienone is 1. The summed E-state index contributed by atoms with van der Waals surface area (Å²) in [5.41, 5.74) is 4.63. The molecule has 0 bridgehead atoms. The molecule has 1 aromatic carbocycles. The molecule has 0 saturated heterocycles. The minimum Gasteiger partial charge on any atom is -0.149 e. The quantitative estimate of drug-likeness (QED) is 0.618. The van der Waals surface area contributed by atoms with E-state index in [2.05, 4.69) is 55.9 Å². The fourth-order valence-electron chi connectivity index (χ4n) is 1.74. The summed E-state index contributed by atoms with van der Waals surface area (Å²) >= 11 is 2.07. The summed E-state index contributed by atoms with van der Waals surface area (Å²) < 4.78 is 0. The van der Waals surface area contributed by atoms with Crippen LogP contribution in [0.1, 0.15) is 31.1 Å². The molecule has 14 heavy (non-hydrogen) atoms. The van der Waals surface area contributed by atoms with Gasteiger partial charge in [-0.2, -0.15) is 0 Å². The van der Waals surface area contributed by atoms with Crippen LogP contribution >= 0.6 is 11.8 Å². The smallest absolute Gasteiger partial charge is 0.0337 e. The van der Waals surface area contributed by atoms with Crippen LogP contribution in [-0.2, 0) is 0 Å². The van der Waals surface area contributed by atoms with Gasteiger partial charge in [0.1, 0.15) is 0 Å². The SMILES string of the molecule is CC1=C(C)CC(c2ccccc2)SC1. The van der Waals surface area contributed by atoms with Crippen LogP contribution in [0.25, 0.3) is 0 Å². The van der Waals surface area contributed by atoms with E-state index in [4.69, 9.17) is 0 Å². The minimum atomic E-state index is 0.680. The lowest BCUT2D eigenvalue weighted by Gasteiger charge is -2.24. The van der Waals surface area contributed by atoms with Crippen LogP contribution in [0.2, 0.25) is 0 Å². The van der Waals surface area contributed by atoms with Gasteiger partial charge in [-0.05, 0) is 25.8 Å². The van der Waals surface area contributed by atoms with Crippen LogP contribution in [0, 0.1) is 0 Å². The van der Waals surface area contributed by atoms with E-state index in [1.54, 1.807) is 11.1 Å². The Balaban J connectivity index is 2.17. The Bertz CT molecular complexity index is 338. The first-order valence-electron chi connectivity index (χ1n) is 5.09. The highest BCUT2D eigenvalue weighted by atomic mass is 32.2. The Kier molecular flexibility index (Phi) is 2.97. The number of benzene rings is 1. The van der Waals surface area contributed by atoms with E-state index in [1.165, 1.54) is 17.7 Å². The van der Waals surface area contributed by atoms with Crippen LogP contribution in [-0.4, -0.2) is 5.75 Å². The summed E-state index contributed by atoms with van der Waals surface area (Å²) in [4.78, 5) is 0. The van der Waals surface area contributed by atoms with Crippen LogP contribution < -0.4 is 0 Å². The second-order valence-electron chi connectivity index (χ2n) is 3.98. The first kappa shape index (κ1) is 9.85. The van der Waals surface area contributed by atoms with E-state index >= 15 is 0 Å². The Morgan fingerprint density at radius 1 is 1.07 bits per heavy atom. The first-order chi connectivity index (χ1) is 6.77. The number of hydrogen-bond acceptors (Lipinski definition) is 1. The van der Waals surface area contributed by atoms with E-state index in [-0.39, 0.29) is 0 Å². The molecule has 1 atom stereocenters. The van der Waals surface area contributed by atoms with E-state index in [0.717, 1.165) is 0 Å². The van der Waals surface area contributed by atoms with E-state index < -0.39 is 0 Å². The van der Waals surface area contributed by atoms with E-state index in [9.17, 15) is 0 Å². The molecule has 74 valence electrons. The molecule has 0 N–H and O–H groups in total. The van der Waals surface area contributed by atoms with Crippen molar-refractivity contribution in [2.24, 2.45) is 0 Å². The van der Waals surface area contributed by atoms with Crippen molar-refractivity contribution in [2.45, 2.75) is 25.5 Å². The van der Waals surface area contributed by atoms with Gasteiger partial charge < -0.3 is 0 Å². The third kappa shape index (κ3) is 2.03. The fourth-order valence-corrected chi connectivity index (χ4v) is 3.16. The van der Waals surface area contributed by atoms with Crippen LogP contribution in [0.3, 0.4) is 0 Å². The van der Waals surface area contributed by atoms with Gasteiger partial charge in [-0.15, -0.1) is 11.8 Å². The van der Waals surface area contributed by atoms with Gasteiger partial charge in [-0.3, -0.25) is 0 Å². The third-order valence-electron chi connectivity index (χ3n) is 2.89. The molecule has 1 unspecified atom stereocenters. The zero-order valence-corrected chi connectivity index (χ0v) is 9.60. The van der Waals surface area contributed by atoms with Crippen molar-refractivity contribution in [3.8, 4) is 0 Å². The zero-order chi connectivity index (χ0) is 9.97. The van der Waals surface area contributed by atoms with Crippen molar-refractivity contribution in [1.82, 2.24) is 0 Å². The lowest BCUT2D eigenvalue weighted by Crippen LogP contribution is -2.04. The van der Waals surface area contributed by atoms with Gasteiger partial charge in [0, 0.05) is 11.0 Å². The number of hydrogen-bond donors (Lipinski definition) is 0. The van der Waals surface area contributed by atoms with E-state index in [0.29, 0.717) is 5.25 Å². The van der Waals surface area contributed by atoms with Crippen molar-refractivity contribution in [1.29, 1.82) is 0 Å². The topological polar surface area (TPSA) is 0 Å². The molecule has 0 aromatic heterocycles. The summed E-state index contributed by atoms with van der Waals surface area (Å²) in [5, 5.41) is 0.680. The highest BCUT2D eigenvalue weighted by molar-refractivity contribution is 7.99. The van der Waals surface area contributed by atoms with Gasteiger partial charge in [0.25, 0.3) is 0 Å². The Morgan fingerprint density at radius 3 is 2.43 bits per heavy atom. The van der Waals surface area contributed by atoms with E-state index in [1.807, 2.05) is 0 Å². The van der Waals surface area contributed by atoms with Crippen molar-refractivity contribution >= 4 is 11.8 Å². The van der Waals surface area contributed by atoms with Crippen LogP contribution in [0.5, 0.6) is 0 Å². The molecular formula is C13H16S. The van der Waals surface area contributed by atoms with Gasteiger partial charge >= 0.3 is 0 Å². The second-order valence-corrected chi connectivity index (χ2v) is 5.17. The molecule has 0 aliphatic carbocycles.